The Morgan fingerprint density at radius 3 is 2.41 bits per heavy atom. The summed E-state index contributed by atoms with van der Waals surface area (Å²) in [5.41, 5.74) is -0.497. The number of nitrogens with zero attached hydrogens (tertiary/aromatic N) is 1. The number of nitrogens with one attached hydrogen (secondary N) is 1. The topological polar surface area (TPSA) is 32.3 Å². The number of likely N-dealkylation sites (tertiary alicyclic amines) is 1. The zero-order chi connectivity index (χ0) is 16.1. The average molecular weight is 310 g/mol. The smallest absolute Gasteiger partial charge is 0.257 e. The lowest BCUT2D eigenvalue weighted by Gasteiger charge is -2.34. The van der Waals surface area contributed by atoms with Gasteiger partial charge >= 0.3 is 0 Å². The van der Waals surface area contributed by atoms with E-state index in [2.05, 4.69) is 24.1 Å². The van der Waals surface area contributed by atoms with E-state index < -0.39 is 23.1 Å². The molecule has 1 N–H and O–H groups in total. The van der Waals surface area contributed by atoms with Crippen molar-refractivity contribution in [2.24, 2.45) is 11.8 Å². The van der Waals surface area contributed by atoms with Crippen LogP contribution in [-0.2, 0) is 0 Å². The van der Waals surface area contributed by atoms with Crippen molar-refractivity contribution in [3.8, 4) is 0 Å². The van der Waals surface area contributed by atoms with Crippen molar-refractivity contribution in [2.45, 2.75) is 26.7 Å². The largest absolute Gasteiger partial charge is 0.352 e. The highest BCUT2D eigenvalue weighted by Crippen LogP contribution is 2.20. The molecule has 1 fully saturated rings. The van der Waals surface area contributed by atoms with E-state index in [1.165, 1.54) is 12.5 Å². The number of hydrogen-bond acceptors (Lipinski definition) is 2. The molecule has 122 valence electrons. The van der Waals surface area contributed by atoms with Crippen LogP contribution in [0.3, 0.4) is 0 Å². The molecule has 0 aromatic heterocycles. The van der Waals surface area contributed by atoms with Crippen LogP contribution in [0.25, 0.3) is 0 Å². The van der Waals surface area contributed by atoms with E-state index in [1.807, 2.05) is 0 Å². The van der Waals surface area contributed by atoms with Gasteiger partial charge in [-0.05, 0) is 43.4 Å². The lowest BCUT2D eigenvalue weighted by molar-refractivity contribution is 0.0939. The summed E-state index contributed by atoms with van der Waals surface area (Å²) in [5, 5.41) is 2.60. The van der Waals surface area contributed by atoms with Gasteiger partial charge in [-0.3, -0.25) is 4.79 Å². The van der Waals surface area contributed by atoms with Crippen LogP contribution >= 0.6 is 0 Å². The van der Waals surface area contributed by atoms with Gasteiger partial charge in [0.05, 0.1) is 0 Å². The molecule has 1 aliphatic rings. The van der Waals surface area contributed by atoms with E-state index in [0.717, 1.165) is 38.2 Å². The van der Waals surface area contributed by atoms with Crippen LogP contribution in [0.2, 0.25) is 0 Å². The van der Waals surface area contributed by atoms with Crippen LogP contribution in [0.4, 0.5) is 8.78 Å². The summed E-state index contributed by atoms with van der Waals surface area (Å²) >= 11 is 0. The Bertz CT molecular complexity index is 491. The van der Waals surface area contributed by atoms with Gasteiger partial charge in [0.2, 0.25) is 0 Å². The molecular weight excluding hydrogens is 286 g/mol. The van der Waals surface area contributed by atoms with Crippen LogP contribution in [-0.4, -0.2) is 37.0 Å². The van der Waals surface area contributed by atoms with E-state index >= 15 is 0 Å². The highest BCUT2D eigenvalue weighted by atomic mass is 19.1. The molecule has 5 heteroatoms. The van der Waals surface area contributed by atoms with Gasteiger partial charge in [-0.1, -0.05) is 19.9 Å². The van der Waals surface area contributed by atoms with E-state index in [0.29, 0.717) is 18.4 Å². The molecule has 22 heavy (non-hydrogen) atoms. The third-order valence-electron chi connectivity index (χ3n) is 4.07. The molecule has 0 spiro atoms. The predicted molar refractivity (Wildman–Crippen MR) is 82.7 cm³/mol. The first kappa shape index (κ1) is 16.9. The Morgan fingerprint density at radius 2 is 1.82 bits per heavy atom. The number of amides is 1. The monoisotopic (exact) mass is 310 g/mol. The van der Waals surface area contributed by atoms with E-state index in [4.69, 9.17) is 0 Å². The van der Waals surface area contributed by atoms with Crippen LogP contribution in [0.1, 0.15) is 37.0 Å². The Balaban J connectivity index is 1.76. The molecule has 0 bridgehead atoms. The minimum atomic E-state index is -0.823. The Kier molecular flexibility index (Phi) is 5.89. The second kappa shape index (κ2) is 7.68. The molecule has 1 saturated heterocycles. The van der Waals surface area contributed by atoms with E-state index in [9.17, 15) is 13.6 Å². The maximum Gasteiger partial charge on any atom is 0.257 e. The van der Waals surface area contributed by atoms with Crippen LogP contribution in [0, 0.1) is 23.5 Å². The third kappa shape index (κ3) is 4.50. The zero-order valence-corrected chi connectivity index (χ0v) is 13.2. The summed E-state index contributed by atoms with van der Waals surface area (Å²) in [4.78, 5) is 14.2. The van der Waals surface area contributed by atoms with Gasteiger partial charge in [0, 0.05) is 19.6 Å². The average Bonchev–Trinajstić information content (AvgIpc) is 2.42. The number of carbonyl (C=O) groups excluding carboxylic acids is 1. The zero-order valence-electron chi connectivity index (χ0n) is 13.2. The fourth-order valence-electron chi connectivity index (χ4n) is 3.28. The highest BCUT2D eigenvalue weighted by Gasteiger charge is 2.21. The molecule has 1 aliphatic heterocycles. The van der Waals surface area contributed by atoms with Crippen molar-refractivity contribution >= 4 is 5.91 Å². The fraction of sp³-hybridized carbons (Fsp3) is 0.588. The second-order valence-electron chi connectivity index (χ2n) is 6.41. The lowest BCUT2D eigenvalue weighted by atomic mass is 9.92. The molecule has 0 radical (unpaired) electrons. The van der Waals surface area contributed by atoms with Crippen molar-refractivity contribution in [1.29, 1.82) is 0 Å². The molecular formula is C17H24F2N2O. The van der Waals surface area contributed by atoms with Gasteiger partial charge in [-0.15, -0.1) is 0 Å². The Morgan fingerprint density at radius 1 is 1.23 bits per heavy atom. The van der Waals surface area contributed by atoms with Crippen molar-refractivity contribution in [3.63, 3.8) is 0 Å². The van der Waals surface area contributed by atoms with Crippen molar-refractivity contribution in [2.75, 3.05) is 26.2 Å². The van der Waals surface area contributed by atoms with Gasteiger partial charge in [0.15, 0.2) is 0 Å². The second-order valence-corrected chi connectivity index (χ2v) is 6.41. The molecule has 0 saturated carbocycles. The van der Waals surface area contributed by atoms with Gasteiger partial charge in [0.1, 0.15) is 17.2 Å². The SMILES string of the molecule is CC1CC(C)CN(CCCNC(=O)c2c(F)cccc2F)C1. The fourth-order valence-corrected chi connectivity index (χ4v) is 3.28. The number of benzene rings is 1. The molecule has 1 aromatic rings. The molecule has 1 heterocycles. The number of halogens is 2. The van der Waals surface area contributed by atoms with Gasteiger partial charge < -0.3 is 10.2 Å². The van der Waals surface area contributed by atoms with E-state index in [-0.39, 0.29) is 0 Å². The number of piperidine rings is 1. The predicted octanol–water partition coefficient (Wildman–Crippen LogP) is 3.06. The lowest BCUT2D eigenvalue weighted by Crippen LogP contribution is -2.40. The van der Waals surface area contributed by atoms with Crippen LogP contribution in [0.5, 0.6) is 0 Å². The van der Waals surface area contributed by atoms with Crippen molar-refractivity contribution in [1.82, 2.24) is 10.2 Å². The Hall–Kier alpha value is -1.49. The third-order valence-corrected chi connectivity index (χ3v) is 4.07. The summed E-state index contributed by atoms with van der Waals surface area (Å²) in [5.74, 6) is -0.931. The summed E-state index contributed by atoms with van der Waals surface area (Å²) in [7, 11) is 0. The molecule has 2 atom stereocenters. The number of hydrogen-bond donors (Lipinski definition) is 1. The quantitative estimate of drug-likeness (QED) is 0.848. The molecule has 2 rings (SSSR count). The molecule has 0 aliphatic carbocycles. The first-order chi connectivity index (χ1) is 10.5. The molecule has 1 aromatic carbocycles. The maximum absolute atomic E-state index is 13.5. The van der Waals surface area contributed by atoms with Gasteiger partial charge in [-0.25, -0.2) is 8.78 Å². The number of rotatable bonds is 5. The van der Waals surface area contributed by atoms with Crippen LogP contribution < -0.4 is 5.32 Å². The minimum absolute atomic E-state index is 0.422. The van der Waals surface area contributed by atoms with Gasteiger partial charge in [0.25, 0.3) is 5.91 Å². The first-order valence-corrected chi connectivity index (χ1v) is 7.92. The highest BCUT2D eigenvalue weighted by molar-refractivity contribution is 5.94. The number of carbonyl (C=O) groups is 1. The molecule has 3 nitrogen and oxygen atoms in total. The van der Waals surface area contributed by atoms with E-state index in [1.54, 1.807) is 0 Å². The van der Waals surface area contributed by atoms with Crippen molar-refractivity contribution < 1.29 is 13.6 Å². The van der Waals surface area contributed by atoms with Gasteiger partial charge in [-0.2, -0.15) is 0 Å². The molecule has 1 amide bonds. The minimum Gasteiger partial charge on any atom is -0.352 e. The maximum atomic E-state index is 13.5. The molecule has 2 unspecified atom stereocenters. The Labute approximate surface area is 130 Å². The first-order valence-electron chi connectivity index (χ1n) is 7.92. The normalized spacial score (nSPS) is 22.5. The summed E-state index contributed by atoms with van der Waals surface area (Å²) < 4.78 is 27.0. The summed E-state index contributed by atoms with van der Waals surface area (Å²) in [6.07, 6.45) is 2.04. The standard InChI is InChI=1S/C17H24F2N2O/c1-12-9-13(2)11-21(10-12)8-4-7-20-17(22)16-14(18)5-3-6-15(16)19/h3,5-6,12-13H,4,7-11H2,1-2H3,(H,20,22). The summed E-state index contributed by atoms with van der Waals surface area (Å²) in [6.45, 7) is 8.00. The van der Waals surface area contributed by atoms with Crippen molar-refractivity contribution in [3.05, 3.63) is 35.4 Å². The van der Waals surface area contributed by atoms with Crippen LogP contribution in [0.15, 0.2) is 18.2 Å². The summed E-state index contributed by atoms with van der Waals surface area (Å²) in [6, 6.07) is 3.43.